The van der Waals surface area contributed by atoms with Crippen LogP contribution in [0.25, 0.3) is 0 Å². The van der Waals surface area contributed by atoms with Gasteiger partial charge in [-0.25, -0.2) is 0 Å². The van der Waals surface area contributed by atoms with E-state index in [1.54, 1.807) is 15.4 Å². The van der Waals surface area contributed by atoms with Crippen molar-refractivity contribution in [3.8, 4) is 0 Å². The van der Waals surface area contributed by atoms with Gasteiger partial charge >= 0.3 is 0 Å². The molecule has 0 atom stereocenters. The Hall–Kier alpha value is -0.0800. The molecule has 2 heteroatoms. The fourth-order valence-electron chi connectivity index (χ4n) is 2.73. The molecule has 0 aliphatic carbocycles. The van der Waals surface area contributed by atoms with Gasteiger partial charge < -0.3 is 0 Å². The predicted octanol–water partition coefficient (Wildman–Crippen LogP) is 7.98. The highest BCUT2D eigenvalue weighted by Gasteiger charge is 2.08. The first-order valence-electron chi connectivity index (χ1n) is 9.70. The van der Waals surface area contributed by atoms with Crippen LogP contribution in [0.4, 0.5) is 0 Å². The van der Waals surface area contributed by atoms with Crippen LogP contribution in [0.1, 0.15) is 84.1 Å². The minimum absolute atomic E-state index is 1.23. The average molecular weight is 353 g/mol. The Balaban J connectivity index is 2.54. The van der Waals surface area contributed by atoms with Crippen molar-refractivity contribution in [3.63, 3.8) is 0 Å². The van der Waals surface area contributed by atoms with E-state index in [-0.39, 0.29) is 0 Å². The van der Waals surface area contributed by atoms with Crippen LogP contribution in [0.5, 0.6) is 0 Å². The molecular formula is C21H36S2. The van der Waals surface area contributed by atoms with Gasteiger partial charge in [-0.3, -0.25) is 0 Å². The third-order valence-electron chi connectivity index (χ3n) is 4.10. The molecule has 0 N–H and O–H groups in total. The van der Waals surface area contributed by atoms with Crippen molar-refractivity contribution in [2.45, 2.75) is 94.8 Å². The van der Waals surface area contributed by atoms with Crippen molar-refractivity contribution < 1.29 is 0 Å². The molecule has 1 aromatic rings. The Labute approximate surface area is 153 Å². The molecule has 0 aliphatic heterocycles. The molecule has 0 heterocycles. The van der Waals surface area contributed by atoms with Gasteiger partial charge in [0.15, 0.2) is 0 Å². The van der Waals surface area contributed by atoms with Crippen molar-refractivity contribution in [1.82, 2.24) is 0 Å². The summed E-state index contributed by atoms with van der Waals surface area (Å²) in [6, 6.07) is 6.95. The summed E-state index contributed by atoms with van der Waals surface area (Å²) in [4.78, 5) is 3.09. The van der Waals surface area contributed by atoms with Crippen molar-refractivity contribution in [2.24, 2.45) is 0 Å². The van der Waals surface area contributed by atoms with E-state index in [4.69, 9.17) is 0 Å². The Morgan fingerprint density at radius 3 is 1.61 bits per heavy atom. The van der Waals surface area contributed by atoms with E-state index in [2.05, 4.69) is 62.5 Å². The van der Waals surface area contributed by atoms with Gasteiger partial charge in [0.25, 0.3) is 0 Å². The van der Waals surface area contributed by atoms with E-state index in [1.165, 1.54) is 75.7 Å². The monoisotopic (exact) mass is 352 g/mol. The number of benzene rings is 1. The molecule has 0 saturated heterocycles. The third kappa shape index (κ3) is 9.10. The van der Waals surface area contributed by atoms with E-state index >= 15 is 0 Å². The van der Waals surface area contributed by atoms with E-state index in [0.29, 0.717) is 0 Å². The lowest BCUT2D eigenvalue weighted by Gasteiger charge is -2.14. The zero-order valence-electron chi connectivity index (χ0n) is 15.5. The first-order chi connectivity index (χ1) is 11.3. The summed E-state index contributed by atoms with van der Waals surface area (Å²) in [5, 5.41) is 0. The highest BCUT2D eigenvalue weighted by molar-refractivity contribution is 8.00. The Kier molecular flexibility index (Phi) is 13.0. The quantitative estimate of drug-likeness (QED) is 0.246. The Morgan fingerprint density at radius 2 is 1.17 bits per heavy atom. The van der Waals surface area contributed by atoms with Crippen LogP contribution in [0.2, 0.25) is 0 Å². The van der Waals surface area contributed by atoms with Crippen LogP contribution >= 0.6 is 23.5 Å². The molecule has 0 aliphatic rings. The maximum absolute atomic E-state index is 2.34. The molecule has 0 amide bonds. The first-order valence-corrected chi connectivity index (χ1v) is 11.7. The molecule has 1 aromatic carbocycles. The molecule has 1 rings (SSSR count). The van der Waals surface area contributed by atoms with E-state index in [9.17, 15) is 0 Å². The highest BCUT2D eigenvalue weighted by atomic mass is 32.2. The SMILES string of the molecule is CCCCCCSc1cccc(SCCCCCC)c1CCC. The highest BCUT2D eigenvalue weighted by Crippen LogP contribution is 2.33. The van der Waals surface area contributed by atoms with E-state index in [1.807, 2.05) is 0 Å². The molecular weight excluding hydrogens is 316 g/mol. The Bertz CT molecular complexity index is 369. The summed E-state index contributed by atoms with van der Waals surface area (Å²) < 4.78 is 0. The van der Waals surface area contributed by atoms with Crippen LogP contribution in [0.3, 0.4) is 0 Å². The number of thioether (sulfide) groups is 2. The maximum atomic E-state index is 2.34. The van der Waals surface area contributed by atoms with Gasteiger partial charge in [-0.15, -0.1) is 23.5 Å². The summed E-state index contributed by atoms with van der Waals surface area (Å²) in [7, 11) is 0. The second-order valence-corrected chi connectivity index (χ2v) is 8.57. The number of hydrogen-bond donors (Lipinski definition) is 0. The molecule has 132 valence electrons. The zero-order chi connectivity index (χ0) is 16.8. The van der Waals surface area contributed by atoms with Gasteiger partial charge in [0.05, 0.1) is 0 Å². The Morgan fingerprint density at radius 1 is 0.652 bits per heavy atom. The smallest absolute Gasteiger partial charge is 0.0115 e. The number of hydrogen-bond acceptors (Lipinski definition) is 2. The fraction of sp³-hybridized carbons (Fsp3) is 0.714. The van der Waals surface area contributed by atoms with Gasteiger partial charge in [-0.05, 0) is 48.5 Å². The molecule has 0 aromatic heterocycles. The number of unbranched alkanes of at least 4 members (excludes halogenated alkanes) is 6. The molecule has 0 nitrogen and oxygen atoms in total. The summed E-state index contributed by atoms with van der Waals surface area (Å²) in [5.74, 6) is 2.56. The second-order valence-electron chi connectivity index (χ2n) is 6.30. The van der Waals surface area contributed by atoms with Gasteiger partial charge in [0.1, 0.15) is 0 Å². The van der Waals surface area contributed by atoms with Gasteiger partial charge in [0.2, 0.25) is 0 Å². The minimum atomic E-state index is 1.23. The maximum Gasteiger partial charge on any atom is 0.0115 e. The van der Waals surface area contributed by atoms with Crippen LogP contribution in [-0.4, -0.2) is 11.5 Å². The lowest BCUT2D eigenvalue weighted by Crippen LogP contribution is -1.94. The molecule has 0 radical (unpaired) electrons. The predicted molar refractivity (Wildman–Crippen MR) is 110 cm³/mol. The lowest BCUT2D eigenvalue weighted by atomic mass is 10.1. The third-order valence-corrected chi connectivity index (χ3v) is 6.47. The normalized spacial score (nSPS) is 11.1. The van der Waals surface area contributed by atoms with Crippen LogP contribution in [-0.2, 0) is 6.42 Å². The molecule has 0 spiro atoms. The van der Waals surface area contributed by atoms with Crippen molar-refractivity contribution in [3.05, 3.63) is 23.8 Å². The molecule has 23 heavy (non-hydrogen) atoms. The molecule has 0 saturated carbocycles. The molecule has 0 fully saturated rings. The number of rotatable bonds is 14. The second kappa shape index (κ2) is 14.3. The van der Waals surface area contributed by atoms with Gasteiger partial charge in [0, 0.05) is 9.79 Å². The fourth-order valence-corrected chi connectivity index (χ4v) is 5.06. The summed E-state index contributed by atoms with van der Waals surface area (Å²) in [6.45, 7) is 6.87. The average Bonchev–Trinajstić information content (AvgIpc) is 2.56. The van der Waals surface area contributed by atoms with E-state index < -0.39 is 0 Å². The standard InChI is InChI=1S/C21H36S2/c1-4-7-9-11-17-22-20-15-13-16-21(19(20)14-6-3)23-18-12-10-8-5-2/h13,15-16H,4-12,14,17-18H2,1-3H3. The largest absolute Gasteiger partial charge is 0.126 e. The molecule has 0 bridgehead atoms. The molecule has 0 unspecified atom stereocenters. The minimum Gasteiger partial charge on any atom is -0.126 e. The topological polar surface area (TPSA) is 0 Å². The summed E-state index contributed by atoms with van der Waals surface area (Å²) in [6.07, 6.45) is 13.4. The van der Waals surface area contributed by atoms with Gasteiger partial charge in [-0.2, -0.15) is 0 Å². The van der Waals surface area contributed by atoms with Gasteiger partial charge in [-0.1, -0.05) is 71.8 Å². The summed E-state index contributed by atoms with van der Waals surface area (Å²) in [5.41, 5.74) is 1.62. The van der Waals surface area contributed by atoms with Crippen molar-refractivity contribution in [1.29, 1.82) is 0 Å². The van der Waals surface area contributed by atoms with E-state index in [0.717, 1.165) is 0 Å². The first kappa shape index (κ1) is 21.0. The van der Waals surface area contributed by atoms with Crippen molar-refractivity contribution in [2.75, 3.05) is 11.5 Å². The van der Waals surface area contributed by atoms with Crippen molar-refractivity contribution >= 4 is 23.5 Å². The van der Waals surface area contributed by atoms with Crippen LogP contribution in [0, 0.1) is 0 Å². The zero-order valence-corrected chi connectivity index (χ0v) is 17.2. The van der Waals surface area contributed by atoms with Crippen LogP contribution < -0.4 is 0 Å². The lowest BCUT2D eigenvalue weighted by molar-refractivity contribution is 0.706. The van der Waals surface area contributed by atoms with Crippen LogP contribution in [0.15, 0.2) is 28.0 Å². The summed E-state index contributed by atoms with van der Waals surface area (Å²) >= 11 is 4.17.